The van der Waals surface area contributed by atoms with E-state index < -0.39 is 9.84 Å². The number of rotatable bonds is 2. The molecular formula is C11H12BrNO2S. The molecule has 0 fully saturated rings. The fourth-order valence-corrected chi connectivity index (χ4v) is 3.07. The topological polar surface area (TPSA) is 39.1 Å². The summed E-state index contributed by atoms with van der Waals surface area (Å²) in [7, 11) is -1.11. The zero-order chi connectivity index (χ0) is 11.9. The number of benzene rings is 1. The van der Waals surface area contributed by atoms with Gasteiger partial charge in [-0.3, -0.25) is 0 Å². The van der Waals surface area contributed by atoms with Gasteiger partial charge in [0.25, 0.3) is 0 Å². The van der Waals surface area contributed by atoms with Crippen LogP contribution >= 0.6 is 15.9 Å². The average Bonchev–Trinajstić information content (AvgIpc) is 2.44. The van der Waals surface area contributed by atoms with Crippen LogP contribution in [-0.2, 0) is 22.6 Å². The molecule has 1 aromatic heterocycles. The van der Waals surface area contributed by atoms with Crippen LogP contribution in [0.15, 0.2) is 28.7 Å². The summed E-state index contributed by atoms with van der Waals surface area (Å²) in [6.45, 7) is 0. The second kappa shape index (κ2) is 3.89. The summed E-state index contributed by atoms with van der Waals surface area (Å²) < 4.78 is 25.5. The van der Waals surface area contributed by atoms with Crippen molar-refractivity contribution in [2.75, 3.05) is 6.26 Å². The van der Waals surface area contributed by atoms with Crippen LogP contribution in [0.25, 0.3) is 10.9 Å². The molecule has 86 valence electrons. The summed E-state index contributed by atoms with van der Waals surface area (Å²) in [5.41, 5.74) is 1.84. The number of sulfone groups is 1. The van der Waals surface area contributed by atoms with Crippen LogP contribution in [-0.4, -0.2) is 19.2 Å². The predicted molar refractivity (Wildman–Crippen MR) is 69.2 cm³/mol. The zero-order valence-corrected chi connectivity index (χ0v) is 11.5. The van der Waals surface area contributed by atoms with Gasteiger partial charge in [0.2, 0.25) is 0 Å². The van der Waals surface area contributed by atoms with Crippen molar-refractivity contribution in [2.24, 2.45) is 7.05 Å². The zero-order valence-electron chi connectivity index (χ0n) is 9.07. The molecule has 2 rings (SSSR count). The van der Waals surface area contributed by atoms with E-state index in [9.17, 15) is 8.42 Å². The van der Waals surface area contributed by atoms with Crippen molar-refractivity contribution in [1.29, 1.82) is 0 Å². The Kier molecular flexibility index (Phi) is 2.84. The second-order valence-corrected chi connectivity index (χ2v) is 6.93. The van der Waals surface area contributed by atoms with Crippen LogP contribution in [0.4, 0.5) is 0 Å². The van der Waals surface area contributed by atoms with Gasteiger partial charge in [-0.15, -0.1) is 0 Å². The average molecular weight is 302 g/mol. The molecule has 0 radical (unpaired) electrons. The Hall–Kier alpha value is -0.810. The molecule has 2 aromatic rings. The molecular weight excluding hydrogens is 290 g/mol. The molecule has 5 heteroatoms. The Bertz CT molecular complexity index is 643. The Morgan fingerprint density at radius 1 is 1.38 bits per heavy atom. The number of aryl methyl sites for hydroxylation is 1. The fraction of sp³-hybridized carbons (Fsp3) is 0.273. The molecule has 0 saturated heterocycles. The van der Waals surface area contributed by atoms with Crippen LogP contribution in [0.2, 0.25) is 0 Å². The van der Waals surface area contributed by atoms with Crippen LogP contribution in [0, 0.1) is 0 Å². The van der Waals surface area contributed by atoms with E-state index in [1.54, 1.807) is 0 Å². The molecule has 16 heavy (non-hydrogen) atoms. The summed E-state index contributed by atoms with van der Waals surface area (Å²) in [5, 5.41) is 1.05. The molecule has 0 atom stereocenters. The summed E-state index contributed by atoms with van der Waals surface area (Å²) in [4.78, 5) is 0. The molecule has 0 aliphatic carbocycles. The van der Waals surface area contributed by atoms with Gasteiger partial charge in [0.1, 0.15) is 0 Å². The molecule has 0 amide bonds. The predicted octanol–water partition coefficient (Wildman–Crippen LogP) is 2.49. The van der Waals surface area contributed by atoms with E-state index in [0.29, 0.717) is 0 Å². The van der Waals surface area contributed by atoms with E-state index >= 15 is 0 Å². The van der Waals surface area contributed by atoms with Gasteiger partial charge in [-0.1, -0.05) is 22.0 Å². The standard InChI is InChI=1S/C11H12BrNO2S/c1-13-8(7-16(2,14)15)6-9-10(12)4-3-5-11(9)13/h3-6H,7H2,1-2H3. The summed E-state index contributed by atoms with van der Waals surface area (Å²) in [6.07, 6.45) is 1.25. The SMILES string of the molecule is Cn1c(CS(C)(=O)=O)cc2c(Br)cccc21. The number of hydrogen-bond acceptors (Lipinski definition) is 2. The smallest absolute Gasteiger partial charge is 0.153 e. The largest absolute Gasteiger partial charge is 0.347 e. The first-order valence-electron chi connectivity index (χ1n) is 4.79. The number of aromatic nitrogens is 1. The number of hydrogen-bond donors (Lipinski definition) is 0. The van der Waals surface area contributed by atoms with Crippen molar-refractivity contribution >= 4 is 36.7 Å². The third-order valence-corrected chi connectivity index (χ3v) is 4.05. The quantitative estimate of drug-likeness (QED) is 0.855. The van der Waals surface area contributed by atoms with E-state index in [-0.39, 0.29) is 5.75 Å². The molecule has 0 unspecified atom stereocenters. The minimum Gasteiger partial charge on any atom is -0.347 e. The summed E-state index contributed by atoms with van der Waals surface area (Å²) in [5.74, 6) is 0.0740. The normalized spacial score (nSPS) is 12.2. The summed E-state index contributed by atoms with van der Waals surface area (Å²) in [6, 6.07) is 7.79. The lowest BCUT2D eigenvalue weighted by Gasteiger charge is -2.02. The van der Waals surface area contributed by atoms with Gasteiger partial charge in [-0.05, 0) is 18.2 Å². The van der Waals surface area contributed by atoms with E-state index in [2.05, 4.69) is 15.9 Å². The highest BCUT2D eigenvalue weighted by Crippen LogP contribution is 2.27. The van der Waals surface area contributed by atoms with Gasteiger partial charge >= 0.3 is 0 Å². The highest BCUT2D eigenvalue weighted by atomic mass is 79.9. The van der Waals surface area contributed by atoms with Crippen molar-refractivity contribution in [1.82, 2.24) is 4.57 Å². The van der Waals surface area contributed by atoms with Crippen molar-refractivity contribution in [3.8, 4) is 0 Å². The van der Waals surface area contributed by atoms with Gasteiger partial charge in [0.05, 0.1) is 5.75 Å². The Balaban J connectivity index is 2.65. The van der Waals surface area contributed by atoms with E-state index in [1.807, 2.05) is 35.9 Å². The number of fused-ring (bicyclic) bond motifs is 1. The van der Waals surface area contributed by atoms with E-state index in [4.69, 9.17) is 0 Å². The lowest BCUT2D eigenvalue weighted by molar-refractivity contribution is 0.599. The number of halogens is 1. The molecule has 1 heterocycles. The monoisotopic (exact) mass is 301 g/mol. The van der Waals surface area contributed by atoms with Gasteiger partial charge in [0.15, 0.2) is 9.84 Å². The maximum Gasteiger partial charge on any atom is 0.153 e. The highest BCUT2D eigenvalue weighted by Gasteiger charge is 2.12. The molecule has 0 saturated carbocycles. The molecule has 0 N–H and O–H groups in total. The van der Waals surface area contributed by atoms with Crippen LogP contribution in [0.1, 0.15) is 5.69 Å². The minimum absolute atomic E-state index is 0.0740. The third-order valence-electron chi connectivity index (χ3n) is 2.54. The molecule has 0 aliphatic heterocycles. The molecule has 1 aromatic carbocycles. The Morgan fingerprint density at radius 3 is 2.62 bits per heavy atom. The first-order valence-corrected chi connectivity index (χ1v) is 7.64. The Morgan fingerprint density at radius 2 is 2.06 bits per heavy atom. The lowest BCUT2D eigenvalue weighted by Crippen LogP contribution is -2.05. The second-order valence-electron chi connectivity index (χ2n) is 3.94. The third kappa shape index (κ3) is 2.15. The van der Waals surface area contributed by atoms with E-state index in [0.717, 1.165) is 21.1 Å². The maximum atomic E-state index is 11.3. The fourth-order valence-electron chi connectivity index (χ4n) is 1.79. The van der Waals surface area contributed by atoms with Gasteiger partial charge in [-0.2, -0.15) is 0 Å². The van der Waals surface area contributed by atoms with Crippen LogP contribution < -0.4 is 0 Å². The van der Waals surface area contributed by atoms with Crippen LogP contribution in [0.5, 0.6) is 0 Å². The molecule has 0 bridgehead atoms. The summed E-state index contributed by atoms with van der Waals surface area (Å²) >= 11 is 3.46. The Labute approximate surface area is 103 Å². The van der Waals surface area contributed by atoms with Crippen molar-refractivity contribution in [2.45, 2.75) is 5.75 Å². The maximum absolute atomic E-state index is 11.3. The molecule has 0 aliphatic rings. The van der Waals surface area contributed by atoms with E-state index in [1.165, 1.54) is 6.26 Å². The first-order chi connectivity index (χ1) is 7.38. The molecule has 3 nitrogen and oxygen atoms in total. The van der Waals surface area contributed by atoms with Gasteiger partial charge < -0.3 is 4.57 Å². The van der Waals surface area contributed by atoms with Gasteiger partial charge in [0, 0.05) is 34.4 Å². The highest BCUT2D eigenvalue weighted by molar-refractivity contribution is 9.10. The van der Waals surface area contributed by atoms with Crippen LogP contribution in [0.3, 0.4) is 0 Å². The first kappa shape index (κ1) is 11.7. The lowest BCUT2D eigenvalue weighted by atomic mass is 10.2. The molecule has 0 spiro atoms. The van der Waals surface area contributed by atoms with Crippen molar-refractivity contribution in [3.05, 3.63) is 34.4 Å². The minimum atomic E-state index is -3.00. The number of nitrogens with zero attached hydrogens (tertiary/aromatic N) is 1. The van der Waals surface area contributed by atoms with Crippen molar-refractivity contribution in [3.63, 3.8) is 0 Å². The van der Waals surface area contributed by atoms with Gasteiger partial charge in [-0.25, -0.2) is 8.42 Å². The van der Waals surface area contributed by atoms with Crippen molar-refractivity contribution < 1.29 is 8.42 Å².